The van der Waals surface area contributed by atoms with Gasteiger partial charge in [-0.2, -0.15) is 0 Å². The Morgan fingerprint density at radius 1 is 0.950 bits per heavy atom. The summed E-state index contributed by atoms with van der Waals surface area (Å²) in [4.78, 5) is 28.9. The SMILES string of the molecule is CC[C@@H](C(=O)NC(C)(C)C)N(Cc1ccccc1Cl)C(=O)CN(c1ccc(OC)cc1)S(=O)(=O)c1ccccc1. The van der Waals surface area contributed by atoms with Crippen molar-refractivity contribution < 1.29 is 22.7 Å². The van der Waals surface area contributed by atoms with Crippen LogP contribution in [-0.4, -0.2) is 50.4 Å². The molecule has 0 heterocycles. The Kier molecular flexibility index (Phi) is 10.2. The third-order valence-corrected chi connectivity index (χ3v) is 8.31. The van der Waals surface area contributed by atoms with E-state index in [1.807, 2.05) is 27.7 Å². The first-order chi connectivity index (χ1) is 18.9. The zero-order valence-corrected chi connectivity index (χ0v) is 25.0. The number of nitrogens with zero attached hydrogens (tertiary/aromatic N) is 2. The van der Waals surface area contributed by atoms with Crippen LogP contribution in [0.1, 0.15) is 39.7 Å². The fraction of sp³-hybridized carbons (Fsp3) is 0.333. The lowest BCUT2D eigenvalue weighted by molar-refractivity contribution is -0.141. The Hall–Kier alpha value is -3.56. The van der Waals surface area contributed by atoms with E-state index in [4.69, 9.17) is 16.3 Å². The zero-order chi connectivity index (χ0) is 29.5. The van der Waals surface area contributed by atoms with Gasteiger partial charge in [-0.3, -0.25) is 13.9 Å². The normalized spacial score (nSPS) is 12.3. The number of hydrogen-bond donors (Lipinski definition) is 1. The van der Waals surface area contributed by atoms with Crippen LogP contribution in [0.3, 0.4) is 0 Å². The molecular weight excluding hydrogens is 550 g/mol. The van der Waals surface area contributed by atoms with Crippen molar-refractivity contribution >= 4 is 39.1 Å². The molecule has 0 aromatic heterocycles. The van der Waals surface area contributed by atoms with Gasteiger partial charge in [0.25, 0.3) is 10.0 Å². The van der Waals surface area contributed by atoms with Crippen LogP contribution in [0.5, 0.6) is 5.75 Å². The second-order valence-corrected chi connectivity index (χ2v) is 12.6. The molecule has 0 saturated carbocycles. The molecule has 0 radical (unpaired) electrons. The van der Waals surface area contributed by atoms with Gasteiger partial charge in [0, 0.05) is 17.1 Å². The standard InChI is InChI=1S/C30H36ClN3O5S/c1-6-27(29(36)32-30(2,3)4)33(20-22-12-10-11-15-26(22)31)28(35)21-34(23-16-18-24(39-5)19-17-23)40(37,38)25-13-8-7-9-14-25/h7-19,27H,6,20-21H2,1-5H3,(H,32,36)/t27-/m0/s1. The van der Waals surface area contributed by atoms with E-state index in [-0.39, 0.29) is 23.0 Å². The number of rotatable bonds is 11. The van der Waals surface area contributed by atoms with Crippen molar-refractivity contribution in [3.63, 3.8) is 0 Å². The first-order valence-electron chi connectivity index (χ1n) is 12.9. The van der Waals surface area contributed by atoms with Crippen LogP contribution in [-0.2, 0) is 26.2 Å². The van der Waals surface area contributed by atoms with Crippen molar-refractivity contribution in [2.75, 3.05) is 18.0 Å². The highest BCUT2D eigenvalue weighted by molar-refractivity contribution is 7.92. The Balaban J connectivity index is 2.07. The Morgan fingerprint density at radius 2 is 1.55 bits per heavy atom. The maximum absolute atomic E-state index is 14.1. The summed E-state index contributed by atoms with van der Waals surface area (Å²) >= 11 is 6.43. The Bertz CT molecular complexity index is 1410. The second-order valence-electron chi connectivity index (χ2n) is 10.3. The third kappa shape index (κ3) is 7.76. The van der Waals surface area contributed by atoms with E-state index >= 15 is 0 Å². The summed E-state index contributed by atoms with van der Waals surface area (Å²) < 4.78 is 34.0. The minimum absolute atomic E-state index is 0.0242. The molecule has 0 aliphatic carbocycles. The average molecular weight is 586 g/mol. The molecule has 0 aliphatic heterocycles. The molecule has 3 aromatic rings. The van der Waals surface area contributed by atoms with Crippen molar-refractivity contribution in [1.82, 2.24) is 10.2 Å². The molecule has 0 spiro atoms. The third-order valence-electron chi connectivity index (χ3n) is 6.15. The first kappa shape index (κ1) is 31.0. The van der Waals surface area contributed by atoms with Gasteiger partial charge in [-0.15, -0.1) is 0 Å². The summed E-state index contributed by atoms with van der Waals surface area (Å²) in [5, 5.41) is 3.39. The van der Waals surface area contributed by atoms with Gasteiger partial charge in [0.05, 0.1) is 17.7 Å². The Morgan fingerprint density at radius 3 is 2.10 bits per heavy atom. The highest BCUT2D eigenvalue weighted by Gasteiger charge is 2.34. The first-order valence-corrected chi connectivity index (χ1v) is 14.8. The van der Waals surface area contributed by atoms with Gasteiger partial charge in [-0.25, -0.2) is 8.42 Å². The number of hydrogen-bond acceptors (Lipinski definition) is 5. The summed E-state index contributed by atoms with van der Waals surface area (Å²) in [5.74, 6) is -0.346. The van der Waals surface area contributed by atoms with Gasteiger partial charge in [0.2, 0.25) is 11.8 Å². The van der Waals surface area contributed by atoms with Gasteiger partial charge in [0.15, 0.2) is 0 Å². The summed E-state index contributed by atoms with van der Waals surface area (Å²) in [5.41, 5.74) is 0.388. The highest BCUT2D eigenvalue weighted by atomic mass is 35.5. The molecule has 214 valence electrons. The maximum atomic E-state index is 14.1. The molecule has 8 nitrogen and oxygen atoms in total. The lowest BCUT2D eigenvalue weighted by Gasteiger charge is -2.35. The van der Waals surface area contributed by atoms with E-state index in [1.54, 1.807) is 66.7 Å². The molecule has 3 aromatic carbocycles. The quantitative estimate of drug-likeness (QED) is 0.331. The van der Waals surface area contributed by atoms with Crippen LogP contribution in [0.4, 0.5) is 5.69 Å². The van der Waals surface area contributed by atoms with E-state index in [0.29, 0.717) is 22.8 Å². The maximum Gasteiger partial charge on any atom is 0.264 e. The molecule has 10 heteroatoms. The fourth-order valence-corrected chi connectivity index (χ4v) is 5.81. The topological polar surface area (TPSA) is 96.0 Å². The predicted octanol–water partition coefficient (Wildman–Crippen LogP) is 5.27. The molecule has 0 fully saturated rings. The van der Waals surface area contributed by atoms with Gasteiger partial charge in [-0.1, -0.05) is 54.9 Å². The number of sulfonamides is 1. The van der Waals surface area contributed by atoms with Crippen molar-refractivity contribution in [3.05, 3.63) is 89.4 Å². The summed E-state index contributed by atoms with van der Waals surface area (Å²) in [7, 11) is -2.64. The van der Waals surface area contributed by atoms with Crippen LogP contribution in [0.15, 0.2) is 83.8 Å². The van der Waals surface area contributed by atoms with E-state index in [9.17, 15) is 18.0 Å². The van der Waals surface area contributed by atoms with Crippen molar-refractivity contribution in [1.29, 1.82) is 0 Å². The minimum atomic E-state index is -4.15. The lowest BCUT2D eigenvalue weighted by Crippen LogP contribution is -2.55. The highest BCUT2D eigenvalue weighted by Crippen LogP contribution is 2.27. The molecule has 40 heavy (non-hydrogen) atoms. The number of nitrogens with one attached hydrogen (secondary N) is 1. The molecule has 0 unspecified atom stereocenters. The van der Waals surface area contributed by atoms with Crippen LogP contribution in [0.2, 0.25) is 5.02 Å². The lowest BCUT2D eigenvalue weighted by atomic mass is 10.1. The van der Waals surface area contributed by atoms with Crippen molar-refractivity contribution in [3.8, 4) is 5.75 Å². The molecule has 0 saturated heterocycles. The molecule has 0 bridgehead atoms. The molecule has 3 rings (SSSR count). The molecule has 1 N–H and O–H groups in total. The number of amides is 2. The van der Waals surface area contributed by atoms with Crippen molar-refractivity contribution in [2.24, 2.45) is 0 Å². The van der Waals surface area contributed by atoms with E-state index < -0.39 is 34.1 Å². The summed E-state index contributed by atoms with van der Waals surface area (Å²) in [6.45, 7) is 6.87. The van der Waals surface area contributed by atoms with Crippen LogP contribution in [0, 0.1) is 0 Å². The summed E-state index contributed by atoms with van der Waals surface area (Å²) in [6, 6.07) is 20.5. The molecular formula is C30H36ClN3O5S. The second kappa shape index (κ2) is 13.2. The molecule has 0 aliphatic rings. The van der Waals surface area contributed by atoms with Crippen LogP contribution < -0.4 is 14.4 Å². The number of ether oxygens (including phenoxy) is 1. The number of carbonyl (C=O) groups is 2. The van der Waals surface area contributed by atoms with E-state index in [0.717, 1.165) is 4.31 Å². The summed E-state index contributed by atoms with van der Waals surface area (Å²) in [6.07, 6.45) is 0.312. The number of halogens is 1. The molecule has 2 amide bonds. The largest absolute Gasteiger partial charge is 0.497 e. The number of anilines is 1. The van der Waals surface area contributed by atoms with E-state index in [1.165, 1.54) is 24.1 Å². The smallest absolute Gasteiger partial charge is 0.264 e. The van der Waals surface area contributed by atoms with Gasteiger partial charge in [0.1, 0.15) is 18.3 Å². The number of methoxy groups -OCH3 is 1. The zero-order valence-electron chi connectivity index (χ0n) is 23.4. The predicted molar refractivity (Wildman–Crippen MR) is 158 cm³/mol. The van der Waals surface area contributed by atoms with Crippen LogP contribution in [0.25, 0.3) is 0 Å². The van der Waals surface area contributed by atoms with Gasteiger partial charge in [-0.05, 0) is 75.2 Å². The minimum Gasteiger partial charge on any atom is -0.497 e. The molecule has 1 atom stereocenters. The van der Waals surface area contributed by atoms with Gasteiger partial charge >= 0.3 is 0 Å². The van der Waals surface area contributed by atoms with E-state index in [2.05, 4.69) is 5.32 Å². The number of benzene rings is 3. The monoisotopic (exact) mass is 585 g/mol. The fourth-order valence-electron chi connectivity index (χ4n) is 4.18. The van der Waals surface area contributed by atoms with Gasteiger partial charge < -0.3 is 15.0 Å². The van der Waals surface area contributed by atoms with Crippen molar-refractivity contribution in [2.45, 2.75) is 57.1 Å². The van der Waals surface area contributed by atoms with Crippen LogP contribution >= 0.6 is 11.6 Å². The number of carbonyl (C=O) groups excluding carboxylic acids is 2. The Labute approximate surface area is 241 Å². The average Bonchev–Trinajstić information content (AvgIpc) is 2.92.